The van der Waals surface area contributed by atoms with Gasteiger partial charge in [-0.2, -0.15) is 0 Å². The third kappa shape index (κ3) is 2.18. The van der Waals surface area contributed by atoms with Gasteiger partial charge in [0.15, 0.2) is 9.84 Å². The first-order chi connectivity index (χ1) is 7.73. The van der Waals surface area contributed by atoms with Crippen LogP contribution in [0.25, 0.3) is 0 Å². The topological polar surface area (TPSA) is 46.2 Å². The predicted molar refractivity (Wildman–Crippen MR) is 70.3 cm³/mol. The highest BCUT2D eigenvalue weighted by atomic mass is 32.2. The fourth-order valence-electron chi connectivity index (χ4n) is 2.35. The number of hydrogen-bond acceptors (Lipinski definition) is 3. The summed E-state index contributed by atoms with van der Waals surface area (Å²) in [6, 6.07) is 5.51. The van der Waals surface area contributed by atoms with Crippen LogP contribution in [0.1, 0.15) is 39.2 Å². The number of sulfone groups is 1. The SMILES string of the molecule is CC(C)c1cccc2c1NC(C)(C)CS2(=O)=O. The Bertz CT molecular complexity index is 545. The van der Waals surface area contributed by atoms with Crippen LogP contribution in [0.3, 0.4) is 0 Å². The van der Waals surface area contributed by atoms with E-state index in [1.165, 1.54) is 0 Å². The molecular formula is C13H19NO2S. The quantitative estimate of drug-likeness (QED) is 0.837. The molecular weight excluding hydrogens is 234 g/mol. The molecule has 0 atom stereocenters. The summed E-state index contributed by atoms with van der Waals surface area (Å²) in [5.74, 6) is 0.454. The second-order valence-electron chi connectivity index (χ2n) is 5.64. The lowest BCUT2D eigenvalue weighted by atomic mass is 9.98. The first kappa shape index (κ1) is 12.4. The predicted octanol–water partition coefficient (Wildman–Crippen LogP) is 2.79. The molecule has 1 heterocycles. The normalized spacial score (nSPS) is 20.8. The number of para-hydroxylation sites is 1. The number of anilines is 1. The van der Waals surface area contributed by atoms with Crippen molar-refractivity contribution in [2.75, 3.05) is 11.1 Å². The second-order valence-corrected chi connectivity index (χ2v) is 7.60. The first-order valence-corrected chi connectivity index (χ1v) is 7.52. The molecule has 0 fully saturated rings. The Kier molecular flexibility index (Phi) is 2.73. The smallest absolute Gasteiger partial charge is 0.182 e. The zero-order valence-electron chi connectivity index (χ0n) is 10.7. The lowest BCUT2D eigenvalue weighted by molar-refractivity contribution is 0.555. The Morgan fingerprint density at radius 3 is 2.53 bits per heavy atom. The zero-order chi connectivity index (χ0) is 12.8. The Morgan fingerprint density at radius 1 is 1.29 bits per heavy atom. The molecule has 17 heavy (non-hydrogen) atoms. The fourth-order valence-corrected chi connectivity index (χ4v) is 4.29. The molecule has 0 spiro atoms. The maximum absolute atomic E-state index is 12.2. The zero-order valence-corrected chi connectivity index (χ0v) is 11.6. The molecule has 1 aliphatic rings. The molecule has 0 saturated carbocycles. The molecule has 0 radical (unpaired) electrons. The van der Waals surface area contributed by atoms with Crippen LogP contribution in [0, 0.1) is 0 Å². The second kappa shape index (κ2) is 3.73. The van der Waals surface area contributed by atoms with Crippen molar-refractivity contribution in [1.29, 1.82) is 0 Å². The highest BCUT2D eigenvalue weighted by Gasteiger charge is 2.36. The maximum Gasteiger partial charge on any atom is 0.182 e. The van der Waals surface area contributed by atoms with Crippen LogP contribution in [0.4, 0.5) is 5.69 Å². The summed E-state index contributed by atoms with van der Waals surface area (Å²) in [6.07, 6.45) is 0. The molecule has 0 amide bonds. The fraction of sp³-hybridized carbons (Fsp3) is 0.538. The molecule has 1 aromatic carbocycles. The van der Waals surface area contributed by atoms with E-state index < -0.39 is 15.4 Å². The largest absolute Gasteiger partial charge is 0.378 e. The van der Waals surface area contributed by atoms with Crippen molar-refractivity contribution in [3.05, 3.63) is 23.8 Å². The molecule has 0 unspecified atom stereocenters. The van der Waals surface area contributed by atoms with E-state index in [0.29, 0.717) is 10.8 Å². The minimum atomic E-state index is -3.17. The lowest BCUT2D eigenvalue weighted by Gasteiger charge is -2.35. The van der Waals surface area contributed by atoms with E-state index in [4.69, 9.17) is 0 Å². The number of hydrogen-bond donors (Lipinski definition) is 1. The molecule has 2 rings (SSSR count). The minimum absolute atomic E-state index is 0.147. The summed E-state index contributed by atoms with van der Waals surface area (Å²) in [4.78, 5) is 0.447. The van der Waals surface area contributed by atoms with E-state index in [-0.39, 0.29) is 5.75 Å². The number of rotatable bonds is 1. The summed E-state index contributed by atoms with van der Waals surface area (Å²) in [5, 5.41) is 3.36. The molecule has 4 heteroatoms. The van der Waals surface area contributed by atoms with E-state index in [1.807, 2.05) is 26.0 Å². The van der Waals surface area contributed by atoms with Crippen LogP contribution in [0.2, 0.25) is 0 Å². The van der Waals surface area contributed by atoms with Crippen molar-refractivity contribution in [3.8, 4) is 0 Å². The van der Waals surface area contributed by atoms with Crippen LogP contribution in [-0.2, 0) is 9.84 Å². The first-order valence-electron chi connectivity index (χ1n) is 5.87. The van der Waals surface area contributed by atoms with E-state index >= 15 is 0 Å². The van der Waals surface area contributed by atoms with Gasteiger partial charge in [0.25, 0.3) is 0 Å². The van der Waals surface area contributed by atoms with Gasteiger partial charge < -0.3 is 5.32 Å². The number of benzene rings is 1. The van der Waals surface area contributed by atoms with Gasteiger partial charge >= 0.3 is 0 Å². The van der Waals surface area contributed by atoms with Crippen LogP contribution in [-0.4, -0.2) is 19.7 Å². The molecule has 0 saturated heterocycles. The highest BCUT2D eigenvalue weighted by Crippen LogP contribution is 2.37. The van der Waals surface area contributed by atoms with E-state index in [2.05, 4.69) is 19.2 Å². The van der Waals surface area contributed by atoms with Crippen LogP contribution in [0.15, 0.2) is 23.1 Å². The Hall–Kier alpha value is -1.03. The van der Waals surface area contributed by atoms with Crippen molar-refractivity contribution in [3.63, 3.8) is 0 Å². The Morgan fingerprint density at radius 2 is 1.94 bits per heavy atom. The van der Waals surface area contributed by atoms with Gasteiger partial charge in [-0.25, -0.2) is 8.42 Å². The van der Waals surface area contributed by atoms with Gasteiger partial charge in [0.2, 0.25) is 0 Å². The van der Waals surface area contributed by atoms with Crippen molar-refractivity contribution < 1.29 is 8.42 Å². The number of nitrogens with one attached hydrogen (secondary N) is 1. The summed E-state index contributed by atoms with van der Waals surface area (Å²) < 4.78 is 24.4. The van der Waals surface area contributed by atoms with Crippen LogP contribution in [0.5, 0.6) is 0 Å². The monoisotopic (exact) mass is 253 g/mol. The van der Waals surface area contributed by atoms with E-state index in [1.54, 1.807) is 6.07 Å². The van der Waals surface area contributed by atoms with Gasteiger partial charge in [0.05, 0.1) is 16.3 Å². The molecule has 0 aromatic heterocycles. The molecule has 1 aromatic rings. The number of fused-ring (bicyclic) bond motifs is 1. The third-order valence-corrected chi connectivity index (χ3v) is 5.14. The van der Waals surface area contributed by atoms with Gasteiger partial charge in [-0.1, -0.05) is 26.0 Å². The van der Waals surface area contributed by atoms with Crippen LogP contribution < -0.4 is 5.32 Å². The van der Waals surface area contributed by atoms with Gasteiger partial charge in [-0.15, -0.1) is 0 Å². The minimum Gasteiger partial charge on any atom is -0.378 e. The molecule has 0 aliphatic carbocycles. The Balaban J connectivity index is 2.70. The molecule has 1 aliphatic heterocycles. The Labute approximate surface area is 103 Å². The van der Waals surface area contributed by atoms with Gasteiger partial charge in [0, 0.05) is 5.54 Å². The maximum atomic E-state index is 12.2. The molecule has 3 nitrogen and oxygen atoms in total. The highest BCUT2D eigenvalue weighted by molar-refractivity contribution is 7.91. The summed E-state index contributed by atoms with van der Waals surface area (Å²) in [6.45, 7) is 7.99. The third-order valence-electron chi connectivity index (χ3n) is 3.03. The summed E-state index contributed by atoms with van der Waals surface area (Å²) >= 11 is 0. The van der Waals surface area contributed by atoms with Crippen molar-refractivity contribution in [1.82, 2.24) is 0 Å². The van der Waals surface area contributed by atoms with Crippen molar-refractivity contribution in [2.24, 2.45) is 0 Å². The molecule has 0 bridgehead atoms. The standard InChI is InChI=1S/C13H19NO2S/c1-9(2)10-6-5-7-11-12(10)14-13(3,4)8-17(11,15)16/h5-7,9,14H,8H2,1-4H3. The van der Waals surface area contributed by atoms with Crippen LogP contribution >= 0.6 is 0 Å². The van der Waals surface area contributed by atoms with E-state index in [0.717, 1.165) is 11.3 Å². The van der Waals surface area contributed by atoms with Crippen molar-refractivity contribution in [2.45, 2.75) is 44.0 Å². The van der Waals surface area contributed by atoms with Gasteiger partial charge in [-0.3, -0.25) is 0 Å². The average Bonchev–Trinajstić information content (AvgIpc) is 2.13. The molecule has 94 valence electrons. The summed E-state index contributed by atoms with van der Waals surface area (Å²) in [5.41, 5.74) is 1.45. The lowest BCUT2D eigenvalue weighted by Crippen LogP contribution is -2.43. The van der Waals surface area contributed by atoms with Gasteiger partial charge in [0.1, 0.15) is 0 Å². The van der Waals surface area contributed by atoms with Gasteiger partial charge in [-0.05, 0) is 31.4 Å². The summed E-state index contributed by atoms with van der Waals surface area (Å²) in [7, 11) is -3.17. The van der Waals surface area contributed by atoms with Crippen molar-refractivity contribution >= 4 is 15.5 Å². The molecule has 1 N–H and O–H groups in total. The average molecular weight is 253 g/mol. The van der Waals surface area contributed by atoms with E-state index in [9.17, 15) is 8.42 Å².